The third-order valence-electron chi connectivity index (χ3n) is 1.26. The Morgan fingerprint density at radius 2 is 2.09 bits per heavy atom. The van der Waals surface area contributed by atoms with E-state index >= 15 is 0 Å². The lowest BCUT2D eigenvalue weighted by atomic mass is 10.1. The molecular weight excluding hydrogens is 140 g/mol. The second-order valence-corrected chi connectivity index (χ2v) is 2.42. The summed E-state index contributed by atoms with van der Waals surface area (Å²) in [5.74, 6) is -0.164. The fourth-order valence-electron chi connectivity index (χ4n) is 0.693. The van der Waals surface area contributed by atoms with Crippen molar-refractivity contribution in [2.45, 2.75) is 20.8 Å². The summed E-state index contributed by atoms with van der Waals surface area (Å²) in [5.41, 5.74) is 1.32. The van der Waals surface area contributed by atoms with E-state index in [-0.39, 0.29) is 5.91 Å². The highest BCUT2D eigenvalue weighted by Gasteiger charge is 2.05. The number of likely N-dealkylation sites (N-methyl/N-ethyl adjacent to an activating group) is 1. The summed E-state index contributed by atoms with van der Waals surface area (Å²) in [4.78, 5) is 11.1. The van der Waals surface area contributed by atoms with E-state index in [0.29, 0.717) is 12.1 Å². The molecule has 3 heteroatoms. The molecule has 0 radical (unpaired) electrons. The third-order valence-corrected chi connectivity index (χ3v) is 1.26. The van der Waals surface area contributed by atoms with E-state index in [0.717, 1.165) is 11.8 Å². The van der Waals surface area contributed by atoms with Crippen LogP contribution in [0, 0.1) is 5.41 Å². The van der Waals surface area contributed by atoms with Crippen LogP contribution in [0.25, 0.3) is 0 Å². The maximum Gasteiger partial charge on any atom is 0.252 e. The van der Waals surface area contributed by atoms with Crippen LogP contribution in [0.2, 0.25) is 0 Å². The molecule has 0 unspecified atom stereocenters. The fourth-order valence-corrected chi connectivity index (χ4v) is 0.693. The van der Waals surface area contributed by atoms with Gasteiger partial charge in [0.05, 0.1) is 5.57 Å². The molecule has 0 aromatic carbocycles. The first-order chi connectivity index (χ1) is 5.13. The Morgan fingerprint density at radius 3 is 2.36 bits per heavy atom. The van der Waals surface area contributed by atoms with Crippen LogP contribution < -0.4 is 5.32 Å². The van der Waals surface area contributed by atoms with Gasteiger partial charge in [-0.05, 0) is 20.8 Å². The molecule has 62 valence electrons. The third kappa shape index (κ3) is 2.98. The quantitative estimate of drug-likeness (QED) is 0.464. The maximum absolute atomic E-state index is 11.1. The molecule has 11 heavy (non-hydrogen) atoms. The average Bonchev–Trinajstić information content (AvgIpc) is 1.88. The Morgan fingerprint density at radius 1 is 1.55 bits per heavy atom. The molecule has 1 amide bonds. The molecule has 0 atom stereocenters. The molecule has 0 fully saturated rings. The van der Waals surface area contributed by atoms with Crippen LogP contribution in [0.5, 0.6) is 0 Å². The first-order valence-corrected chi connectivity index (χ1v) is 3.59. The van der Waals surface area contributed by atoms with Gasteiger partial charge in [0.1, 0.15) is 0 Å². The number of amides is 1. The molecule has 0 aromatic heterocycles. The molecule has 0 spiro atoms. The van der Waals surface area contributed by atoms with Gasteiger partial charge in [0.25, 0.3) is 5.91 Å². The molecule has 0 heterocycles. The van der Waals surface area contributed by atoms with Crippen LogP contribution in [0.15, 0.2) is 11.1 Å². The Hall–Kier alpha value is -1.12. The monoisotopic (exact) mass is 154 g/mol. The zero-order chi connectivity index (χ0) is 8.85. The van der Waals surface area contributed by atoms with Crippen molar-refractivity contribution in [3.05, 3.63) is 11.1 Å². The van der Waals surface area contributed by atoms with Crippen molar-refractivity contribution in [2.75, 3.05) is 6.54 Å². The van der Waals surface area contributed by atoms with Crippen LogP contribution in [0.4, 0.5) is 0 Å². The number of rotatable bonds is 3. The van der Waals surface area contributed by atoms with E-state index in [1.807, 2.05) is 20.8 Å². The number of hydrogen-bond donors (Lipinski definition) is 2. The summed E-state index contributed by atoms with van der Waals surface area (Å²) >= 11 is 0. The molecular formula is C8H14N2O. The number of allylic oxidation sites excluding steroid dienone is 1. The summed E-state index contributed by atoms with van der Waals surface area (Å²) in [6, 6.07) is 0. The maximum atomic E-state index is 11.1. The highest BCUT2D eigenvalue weighted by atomic mass is 16.1. The molecule has 0 saturated heterocycles. The van der Waals surface area contributed by atoms with Gasteiger partial charge in [0, 0.05) is 12.8 Å². The summed E-state index contributed by atoms with van der Waals surface area (Å²) in [7, 11) is 0. The zero-order valence-electron chi connectivity index (χ0n) is 7.19. The van der Waals surface area contributed by atoms with Gasteiger partial charge in [-0.25, -0.2) is 0 Å². The predicted octanol–water partition coefficient (Wildman–Crippen LogP) is 1.11. The summed E-state index contributed by atoms with van der Waals surface area (Å²) in [6.07, 6.45) is 1.08. The minimum atomic E-state index is -0.164. The topological polar surface area (TPSA) is 53.0 Å². The first kappa shape index (κ1) is 9.88. The summed E-state index contributed by atoms with van der Waals surface area (Å²) in [5, 5.41) is 9.59. The van der Waals surface area contributed by atoms with E-state index < -0.39 is 0 Å². The van der Waals surface area contributed by atoms with Gasteiger partial charge >= 0.3 is 0 Å². The van der Waals surface area contributed by atoms with Crippen LogP contribution in [0.1, 0.15) is 20.8 Å². The molecule has 0 saturated carbocycles. The van der Waals surface area contributed by atoms with Crippen molar-refractivity contribution in [3.8, 4) is 0 Å². The highest BCUT2D eigenvalue weighted by Crippen LogP contribution is 1.99. The van der Waals surface area contributed by atoms with Crippen LogP contribution >= 0.6 is 0 Å². The normalized spacial score (nSPS) is 8.64. The smallest absolute Gasteiger partial charge is 0.252 e. The number of carbonyl (C=O) groups excluding carboxylic acids is 1. The highest BCUT2D eigenvalue weighted by molar-refractivity contribution is 6.11. The van der Waals surface area contributed by atoms with E-state index in [4.69, 9.17) is 5.41 Å². The zero-order valence-corrected chi connectivity index (χ0v) is 7.19. The van der Waals surface area contributed by atoms with E-state index in [1.165, 1.54) is 0 Å². The molecule has 0 aliphatic carbocycles. The summed E-state index contributed by atoms with van der Waals surface area (Å²) < 4.78 is 0. The fraction of sp³-hybridized carbons (Fsp3) is 0.500. The molecule has 0 aromatic rings. The van der Waals surface area contributed by atoms with Crippen molar-refractivity contribution in [3.63, 3.8) is 0 Å². The van der Waals surface area contributed by atoms with Gasteiger partial charge in [-0.15, -0.1) is 0 Å². The standard InChI is InChI=1S/C8H14N2O/c1-4-10-8(11)7(5-9)6(2)3/h5,9H,4H2,1-3H3,(H,10,11). The van der Waals surface area contributed by atoms with Crippen molar-refractivity contribution >= 4 is 12.1 Å². The van der Waals surface area contributed by atoms with Gasteiger partial charge < -0.3 is 10.7 Å². The second-order valence-electron chi connectivity index (χ2n) is 2.42. The molecule has 0 rings (SSSR count). The average molecular weight is 154 g/mol. The summed E-state index contributed by atoms with van der Waals surface area (Å²) in [6.45, 7) is 6.08. The largest absolute Gasteiger partial charge is 0.352 e. The van der Waals surface area contributed by atoms with Crippen molar-refractivity contribution in [1.29, 1.82) is 5.41 Å². The number of hydrogen-bond acceptors (Lipinski definition) is 2. The Kier molecular flexibility index (Phi) is 4.18. The van der Waals surface area contributed by atoms with Gasteiger partial charge in [-0.3, -0.25) is 4.79 Å². The van der Waals surface area contributed by atoms with Crippen molar-refractivity contribution in [2.24, 2.45) is 0 Å². The lowest BCUT2D eigenvalue weighted by Crippen LogP contribution is -2.25. The Bertz CT molecular complexity index is 190. The van der Waals surface area contributed by atoms with Crippen molar-refractivity contribution in [1.82, 2.24) is 5.32 Å². The Labute approximate surface area is 67.0 Å². The molecule has 0 aliphatic rings. The van der Waals surface area contributed by atoms with E-state index in [1.54, 1.807) is 0 Å². The minimum Gasteiger partial charge on any atom is -0.352 e. The van der Waals surface area contributed by atoms with E-state index in [2.05, 4.69) is 5.32 Å². The van der Waals surface area contributed by atoms with Crippen molar-refractivity contribution < 1.29 is 4.79 Å². The van der Waals surface area contributed by atoms with Gasteiger partial charge in [0.15, 0.2) is 0 Å². The van der Waals surface area contributed by atoms with Crippen LogP contribution in [0.3, 0.4) is 0 Å². The van der Waals surface area contributed by atoms with Gasteiger partial charge in [0.2, 0.25) is 0 Å². The number of carbonyl (C=O) groups is 1. The van der Waals surface area contributed by atoms with Gasteiger partial charge in [-0.1, -0.05) is 5.57 Å². The SMILES string of the molecule is CCNC(=O)C(C=N)=C(C)C. The number of nitrogens with one attached hydrogen (secondary N) is 2. The lowest BCUT2D eigenvalue weighted by molar-refractivity contribution is -0.116. The molecule has 0 aliphatic heterocycles. The van der Waals surface area contributed by atoms with Crippen LogP contribution in [-0.4, -0.2) is 18.7 Å². The minimum absolute atomic E-state index is 0.164. The van der Waals surface area contributed by atoms with E-state index in [9.17, 15) is 4.79 Å². The lowest BCUT2D eigenvalue weighted by Gasteiger charge is -2.02. The molecule has 3 nitrogen and oxygen atoms in total. The van der Waals surface area contributed by atoms with Crippen LogP contribution in [-0.2, 0) is 4.79 Å². The predicted molar refractivity (Wildman–Crippen MR) is 45.8 cm³/mol. The van der Waals surface area contributed by atoms with Gasteiger partial charge in [-0.2, -0.15) is 0 Å². The second kappa shape index (κ2) is 4.66. The first-order valence-electron chi connectivity index (χ1n) is 3.59. The Balaban J connectivity index is 4.40. The molecule has 0 bridgehead atoms. The molecule has 2 N–H and O–H groups in total.